The van der Waals surface area contributed by atoms with Gasteiger partial charge >= 0.3 is 7.12 Å². The highest BCUT2D eigenvalue weighted by molar-refractivity contribution is 6.58. The monoisotopic (exact) mass is 261 g/mol. The molecule has 1 rings (SSSR count). The van der Waals surface area contributed by atoms with E-state index in [2.05, 4.69) is 18.5 Å². The summed E-state index contributed by atoms with van der Waals surface area (Å²) in [4.78, 5) is 10.4. The molecule has 102 valence electrons. The lowest BCUT2D eigenvalue weighted by Crippen LogP contribution is -2.29. The summed E-state index contributed by atoms with van der Waals surface area (Å²) in [6.07, 6.45) is 2.97. The third-order valence-electron chi connectivity index (χ3n) is 2.09. The fourth-order valence-corrected chi connectivity index (χ4v) is 1.15. The van der Waals surface area contributed by atoms with Crippen LogP contribution in [0.25, 0.3) is 6.08 Å². The maximum atomic E-state index is 10.4. The summed E-state index contributed by atoms with van der Waals surface area (Å²) in [5.74, 6) is -0.111. The number of hydrogen-bond acceptors (Lipinski definition) is 3. The zero-order chi connectivity index (χ0) is 14.8. The molecule has 0 spiro atoms. The Morgan fingerprint density at radius 2 is 1.79 bits per heavy atom. The van der Waals surface area contributed by atoms with Crippen LogP contribution in [0, 0.1) is 0 Å². The number of carbonyl (C=O) groups excluding carboxylic acids is 1. The molecule has 0 heterocycles. The van der Waals surface area contributed by atoms with Crippen LogP contribution in [0.1, 0.15) is 19.4 Å². The molecule has 0 aliphatic heterocycles. The Bertz CT molecular complexity index is 413. The normalized spacial score (nSPS) is 9.11. The van der Waals surface area contributed by atoms with Crippen molar-refractivity contribution in [1.82, 2.24) is 5.32 Å². The van der Waals surface area contributed by atoms with Crippen molar-refractivity contribution in [2.24, 2.45) is 0 Å². The molecule has 0 aromatic heterocycles. The SMILES string of the molecule is C=CC(=O)NC(C)C.C=Cc1ccc(B(O)O)cc1. The molecule has 5 heteroatoms. The van der Waals surface area contributed by atoms with Crippen LogP contribution in [-0.4, -0.2) is 29.1 Å². The first-order valence-electron chi connectivity index (χ1n) is 5.92. The van der Waals surface area contributed by atoms with Crippen LogP contribution in [0.3, 0.4) is 0 Å². The van der Waals surface area contributed by atoms with Crippen molar-refractivity contribution in [2.45, 2.75) is 19.9 Å². The van der Waals surface area contributed by atoms with Gasteiger partial charge in [0.05, 0.1) is 0 Å². The van der Waals surface area contributed by atoms with Gasteiger partial charge in [-0.1, -0.05) is 43.5 Å². The Hall–Kier alpha value is -1.85. The third kappa shape index (κ3) is 7.97. The second-order valence-electron chi connectivity index (χ2n) is 4.11. The average Bonchev–Trinajstić information content (AvgIpc) is 2.38. The minimum absolute atomic E-state index is 0.111. The second-order valence-corrected chi connectivity index (χ2v) is 4.11. The van der Waals surface area contributed by atoms with E-state index in [-0.39, 0.29) is 11.9 Å². The predicted molar refractivity (Wildman–Crippen MR) is 79.8 cm³/mol. The summed E-state index contributed by atoms with van der Waals surface area (Å²) in [6, 6.07) is 7.08. The van der Waals surface area contributed by atoms with Crippen molar-refractivity contribution in [3.8, 4) is 0 Å². The lowest BCUT2D eigenvalue weighted by Gasteiger charge is -2.02. The summed E-state index contributed by atoms with van der Waals surface area (Å²) in [7, 11) is -1.38. The van der Waals surface area contributed by atoms with Gasteiger partial charge in [-0.15, -0.1) is 0 Å². The van der Waals surface area contributed by atoms with Gasteiger partial charge in [0.2, 0.25) is 5.91 Å². The van der Waals surface area contributed by atoms with Gasteiger partial charge in [0, 0.05) is 6.04 Å². The van der Waals surface area contributed by atoms with E-state index in [1.165, 1.54) is 6.08 Å². The van der Waals surface area contributed by atoms with Crippen molar-refractivity contribution >= 4 is 24.6 Å². The molecular weight excluding hydrogens is 241 g/mol. The molecule has 0 atom stereocenters. The van der Waals surface area contributed by atoms with E-state index in [9.17, 15) is 4.79 Å². The van der Waals surface area contributed by atoms with Crippen LogP contribution in [0.2, 0.25) is 0 Å². The molecule has 0 unspecified atom stereocenters. The van der Waals surface area contributed by atoms with E-state index >= 15 is 0 Å². The standard InChI is InChI=1S/C8H9BO2.C6H11NO/c1-2-7-3-5-8(6-4-7)9(10)11;1-4-6(8)7-5(2)3/h2-6,10-11H,1H2;4-5H,1H2,2-3H3,(H,7,8). The molecule has 3 N–H and O–H groups in total. The second kappa shape index (κ2) is 9.13. The molecule has 0 aliphatic rings. The summed E-state index contributed by atoms with van der Waals surface area (Å²) >= 11 is 0. The van der Waals surface area contributed by atoms with Gasteiger partial charge in [0.25, 0.3) is 0 Å². The number of carbonyl (C=O) groups is 1. The molecule has 1 amide bonds. The molecule has 1 aromatic rings. The van der Waals surface area contributed by atoms with Gasteiger partial charge in [0.1, 0.15) is 0 Å². The number of rotatable bonds is 4. The quantitative estimate of drug-likeness (QED) is 0.552. The van der Waals surface area contributed by atoms with Gasteiger partial charge in [-0.3, -0.25) is 4.79 Å². The lowest BCUT2D eigenvalue weighted by molar-refractivity contribution is -0.116. The molecule has 0 bridgehead atoms. The maximum absolute atomic E-state index is 10.4. The zero-order valence-electron chi connectivity index (χ0n) is 11.3. The topological polar surface area (TPSA) is 69.6 Å². The van der Waals surface area contributed by atoms with E-state index in [4.69, 9.17) is 10.0 Å². The fraction of sp³-hybridized carbons (Fsp3) is 0.214. The Kier molecular flexibility index (Phi) is 8.25. The van der Waals surface area contributed by atoms with Crippen molar-refractivity contribution in [3.05, 3.63) is 49.1 Å². The number of hydrogen-bond donors (Lipinski definition) is 3. The minimum Gasteiger partial charge on any atom is -0.423 e. The van der Waals surface area contributed by atoms with Gasteiger partial charge in [0.15, 0.2) is 0 Å². The van der Waals surface area contributed by atoms with Crippen molar-refractivity contribution in [2.75, 3.05) is 0 Å². The molecule has 0 saturated carbocycles. The highest BCUT2D eigenvalue weighted by atomic mass is 16.4. The molecule has 19 heavy (non-hydrogen) atoms. The van der Waals surface area contributed by atoms with Crippen LogP contribution in [0.5, 0.6) is 0 Å². The number of nitrogens with one attached hydrogen (secondary N) is 1. The largest absolute Gasteiger partial charge is 0.488 e. The zero-order valence-corrected chi connectivity index (χ0v) is 11.3. The van der Waals surface area contributed by atoms with Crippen LogP contribution in [0.15, 0.2) is 43.5 Å². The van der Waals surface area contributed by atoms with E-state index in [1.54, 1.807) is 30.3 Å². The highest BCUT2D eigenvalue weighted by Crippen LogP contribution is 1.97. The summed E-state index contributed by atoms with van der Waals surface area (Å²) in [5.41, 5.74) is 1.46. The molecular formula is C14H20BNO3. The summed E-state index contributed by atoms with van der Waals surface area (Å²) in [5, 5.41) is 20.1. The van der Waals surface area contributed by atoms with Crippen LogP contribution in [0.4, 0.5) is 0 Å². The third-order valence-corrected chi connectivity index (χ3v) is 2.09. The van der Waals surface area contributed by atoms with E-state index in [0.717, 1.165) is 5.56 Å². The maximum Gasteiger partial charge on any atom is 0.488 e. The Morgan fingerprint density at radius 3 is 2.05 bits per heavy atom. The highest BCUT2D eigenvalue weighted by Gasteiger charge is 2.08. The first kappa shape index (κ1) is 17.2. The van der Waals surface area contributed by atoms with Gasteiger partial charge in [-0.05, 0) is 30.9 Å². The lowest BCUT2D eigenvalue weighted by atomic mass is 9.80. The first-order valence-corrected chi connectivity index (χ1v) is 5.92. The van der Waals surface area contributed by atoms with Gasteiger partial charge in [-0.25, -0.2) is 0 Å². The number of benzene rings is 1. The molecule has 0 aliphatic carbocycles. The van der Waals surface area contributed by atoms with Crippen LogP contribution >= 0.6 is 0 Å². The minimum atomic E-state index is -1.38. The summed E-state index contributed by atoms with van der Waals surface area (Å²) < 4.78 is 0. The van der Waals surface area contributed by atoms with Crippen molar-refractivity contribution in [1.29, 1.82) is 0 Å². The van der Waals surface area contributed by atoms with E-state index < -0.39 is 7.12 Å². The van der Waals surface area contributed by atoms with Gasteiger partial charge < -0.3 is 15.4 Å². The predicted octanol–water partition coefficient (Wildman–Crippen LogP) is 0.706. The first-order chi connectivity index (χ1) is 8.90. The van der Waals surface area contributed by atoms with Crippen molar-refractivity contribution in [3.63, 3.8) is 0 Å². The van der Waals surface area contributed by atoms with Crippen molar-refractivity contribution < 1.29 is 14.8 Å². The molecule has 1 aromatic carbocycles. The molecule has 4 nitrogen and oxygen atoms in total. The van der Waals surface area contributed by atoms with Crippen LogP contribution in [-0.2, 0) is 4.79 Å². The van der Waals surface area contributed by atoms with Gasteiger partial charge in [-0.2, -0.15) is 0 Å². The molecule has 0 radical (unpaired) electrons. The van der Waals surface area contributed by atoms with E-state index in [1.807, 2.05) is 13.8 Å². The smallest absolute Gasteiger partial charge is 0.423 e. The molecule has 0 saturated heterocycles. The fourth-order valence-electron chi connectivity index (χ4n) is 1.15. The number of amides is 1. The Balaban J connectivity index is 0.000000362. The Morgan fingerprint density at radius 1 is 1.26 bits per heavy atom. The van der Waals surface area contributed by atoms with E-state index in [0.29, 0.717) is 5.46 Å². The average molecular weight is 261 g/mol. The Labute approximate surface area is 114 Å². The van der Waals surface area contributed by atoms with Crippen LogP contribution < -0.4 is 10.8 Å². The summed E-state index contributed by atoms with van der Waals surface area (Å²) in [6.45, 7) is 10.7. The molecule has 0 fully saturated rings.